The maximum Gasteiger partial charge on any atom is 0.326 e. The predicted molar refractivity (Wildman–Crippen MR) is 90.9 cm³/mol. The molecule has 0 unspecified atom stereocenters. The van der Waals surface area contributed by atoms with Crippen LogP contribution >= 0.6 is 0 Å². The van der Waals surface area contributed by atoms with Crippen LogP contribution in [-0.4, -0.2) is 23.0 Å². The Kier molecular flexibility index (Phi) is 10.7. The molecule has 0 aliphatic heterocycles. The molecule has 0 aromatic rings. The lowest BCUT2D eigenvalue weighted by Gasteiger charge is -2.16. The van der Waals surface area contributed by atoms with Gasteiger partial charge < -0.3 is 10.4 Å². The van der Waals surface area contributed by atoms with Gasteiger partial charge in [-0.05, 0) is 18.8 Å². The van der Waals surface area contributed by atoms with Gasteiger partial charge in [0.25, 0.3) is 0 Å². The van der Waals surface area contributed by atoms with Gasteiger partial charge in [-0.3, -0.25) is 4.79 Å². The highest BCUT2D eigenvalue weighted by molar-refractivity contribution is 5.83. The second-order valence-electron chi connectivity index (χ2n) is 6.40. The van der Waals surface area contributed by atoms with Crippen molar-refractivity contribution >= 4 is 11.9 Å². The zero-order valence-electron chi connectivity index (χ0n) is 16.5. The van der Waals surface area contributed by atoms with E-state index in [0.717, 1.165) is 19.3 Å². The van der Waals surface area contributed by atoms with Crippen molar-refractivity contribution in [2.24, 2.45) is 5.92 Å². The van der Waals surface area contributed by atoms with Crippen LogP contribution < -0.4 is 5.32 Å². The Labute approximate surface area is 138 Å². The van der Waals surface area contributed by atoms with Crippen molar-refractivity contribution in [1.29, 1.82) is 0 Å². The van der Waals surface area contributed by atoms with Gasteiger partial charge >= 0.3 is 5.97 Å². The van der Waals surface area contributed by atoms with Gasteiger partial charge in [-0.15, -0.1) is 0 Å². The molecular formula is C18H35NO3. The van der Waals surface area contributed by atoms with E-state index >= 15 is 0 Å². The number of unbranched alkanes of at least 4 members (excludes halogenated alkanes) is 7. The molecule has 0 bridgehead atoms. The Hall–Kier alpha value is -1.06. The normalized spacial score (nSPS) is 14.4. The summed E-state index contributed by atoms with van der Waals surface area (Å²) in [4.78, 5) is 23.2. The van der Waals surface area contributed by atoms with Gasteiger partial charge in [-0.1, -0.05) is 72.1 Å². The van der Waals surface area contributed by atoms with Gasteiger partial charge in [0, 0.05) is 9.11 Å². The number of carboxylic acid groups (broad SMARTS) is 1. The van der Waals surface area contributed by atoms with Crippen LogP contribution in [0.25, 0.3) is 0 Å². The van der Waals surface area contributed by atoms with Crippen LogP contribution in [0.1, 0.15) is 94.1 Å². The van der Waals surface area contributed by atoms with Crippen LogP contribution in [0.3, 0.4) is 0 Å². The van der Waals surface area contributed by atoms with Crippen molar-refractivity contribution in [3.63, 3.8) is 0 Å². The second-order valence-corrected chi connectivity index (χ2v) is 6.40. The lowest BCUT2D eigenvalue weighted by molar-refractivity contribution is -0.142. The molecule has 1 atom stereocenters. The fourth-order valence-electron chi connectivity index (χ4n) is 2.36. The van der Waals surface area contributed by atoms with Gasteiger partial charge in [0.2, 0.25) is 5.91 Å². The summed E-state index contributed by atoms with van der Waals surface area (Å²) in [6, 6.07) is -1.02. The lowest BCUT2D eigenvalue weighted by atomic mass is 10.0. The predicted octanol–water partition coefficient (Wildman–Crippen LogP) is 4.52. The van der Waals surface area contributed by atoms with Crippen LogP contribution in [0, 0.1) is 5.92 Å². The Morgan fingerprint density at radius 2 is 1.50 bits per heavy atom. The highest BCUT2D eigenvalue weighted by Crippen LogP contribution is 2.11. The van der Waals surface area contributed by atoms with E-state index in [1.54, 1.807) is 0 Å². The SMILES string of the molecule is [2H]C([2H])(CCCCCCCCCC)C(=O)N[C@@H](CC(C)C)C(=O)O. The van der Waals surface area contributed by atoms with E-state index in [-0.39, 0.29) is 12.3 Å². The third kappa shape index (κ3) is 12.7. The molecule has 0 aliphatic rings. The Bertz CT molecular complexity index is 373. The molecular weight excluding hydrogens is 278 g/mol. The smallest absolute Gasteiger partial charge is 0.326 e. The summed E-state index contributed by atoms with van der Waals surface area (Å²) in [5, 5.41) is 11.5. The van der Waals surface area contributed by atoms with Gasteiger partial charge in [0.05, 0.1) is 0 Å². The first kappa shape index (κ1) is 17.3. The molecule has 0 rings (SSSR count). The van der Waals surface area contributed by atoms with Crippen molar-refractivity contribution in [3.05, 3.63) is 0 Å². The van der Waals surface area contributed by atoms with E-state index in [1.807, 2.05) is 13.8 Å². The van der Waals surface area contributed by atoms with Crippen LogP contribution in [0.15, 0.2) is 0 Å². The van der Waals surface area contributed by atoms with Crippen LogP contribution in [0.4, 0.5) is 0 Å². The number of aliphatic carboxylic acids is 1. The zero-order valence-corrected chi connectivity index (χ0v) is 14.5. The standard InChI is InChI=1S/C18H35NO3/c1-4-5-6-7-8-9-10-11-12-13-17(20)19-16(18(21)22)14-15(2)3/h15-16H,4-14H2,1-3H3,(H,19,20)(H,21,22)/t16-/m0/s1/i13D2. The van der Waals surface area contributed by atoms with E-state index in [2.05, 4.69) is 12.2 Å². The zero-order chi connectivity index (χ0) is 18.6. The number of carboxylic acids is 1. The summed E-state index contributed by atoms with van der Waals surface area (Å²) in [6.45, 7) is 5.93. The second kappa shape index (κ2) is 13.6. The van der Waals surface area contributed by atoms with E-state index in [0.29, 0.717) is 12.8 Å². The number of hydrogen-bond acceptors (Lipinski definition) is 2. The third-order valence-electron chi connectivity index (χ3n) is 3.63. The van der Waals surface area contributed by atoms with Crippen molar-refractivity contribution in [1.82, 2.24) is 5.32 Å². The first-order valence-corrected chi connectivity index (χ1v) is 8.74. The molecule has 0 saturated carbocycles. The van der Waals surface area contributed by atoms with Crippen LogP contribution in [0.5, 0.6) is 0 Å². The molecule has 0 radical (unpaired) electrons. The number of hydrogen-bond donors (Lipinski definition) is 2. The minimum absolute atomic E-state index is 0.116. The van der Waals surface area contributed by atoms with Crippen molar-refractivity contribution in [2.45, 2.75) is 97.4 Å². The number of nitrogens with one attached hydrogen (secondary N) is 1. The topological polar surface area (TPSA) is 66.4 Å². The number of carbonyl (C=O) groups is 2. The Balaban J connectivity index is 4.11. The van der Waals surface area contributed by atoms with E-state index in [9.17, 15) is 9.59 Å². The lowest BCUT2D eigenvalue weighted by Crippen LogP contribution is -2.41. The average Bonchev–Trinajstić information content (AvgIpc) is 2.48. The Morgan fingerprint density at radius 1 is 1.00 bits per heavy atom. The average molecular weight is 315 g/mol. The van der Waals surface area contributed by atoms with E-state index < -0.39 is 24.3 Å². The molecule has 1 amide bonds. The van der Waals surface area contributed by atoms with Gasteiger partial charge in [0.15, 0.2) is 0 Å². The highest BCUT2D eigenvalue weighted by Gasteiger charge is 2.20. The summed E-state index contributed by atoms with van der Waals surface area (Å²) < 4.78 is 15.8. The summed E-state index contributed by atoms with van der Waals surface area (Å²) >= 11 is 0. The number of amides is 1. The van der Waals surface area contributed by atoms with Gasteiger partial charge in [-0.2, -0.15) is 0 Å². The van der Waals surface area contributed by atoms with Gasteiger partial charge in [0.1, 0.15) is 6.04 Å². The molecule has 0 heterocycles. The first-order chi connectivity index (χ1) is 11.2. The third-order valence-corrected chi connectivity index (χ3v) is 3.63. The van der Waals surface area contributed by atoms with Crippen molar-refractivity contribution in [2.75, 3.05) is 0 Å². The first-order valence-electron chi connectivity index (χ1n) is 9.74. The number of rotatable bonds is 14. The van der Waals surface area contributed by atoms with Gasteiger partial charge in [-0.25, -0.2) is 4.79 Å². The molecule has 0 saturated heterocycles. The van der Waals surface area contributed by atoms with Crippen LogP contribution in [-0.2, 0) is 9.59 Å². The van der Waals surface area contributed by atoms with Crippen molar-refractivity contribution in [3.8, 4) is 0 Å². The molecule has 0 aromatic heterocycles. The summed E-state index contributed by atoms with van der Waals surface area (Å²) in [5.74, 6) is -1.80. The Morgan fingerprint density at radius 3 is 1.95 bits per heavy atom. The molecule has 2 N–H and O–H groups in total. The fraction of sp³-hybridized carbons (Fsp3) is 0.889. The monoisotopic (exact) mass is 315 g/mol. The largest absolute Gasteiger partial charge is 0.480 e. The molecule has 0 aliphatic carbocycles. The quantitative estimate of drug-likeness (QED) is 0.463. The molecule has 4 nitrogen and oxygen atoms in total. The molecule has 0 spiro atoms. The molecule has 4 heteroatoms. The fourth-order valence-corrected chi connectivity index (χ4v) is 2.36. The molecule has 22 heavy (non-hydrogen) atoms. The maximum atomic E-state index is 12.0. The van der Waals surface area contributed by atoms with Crippen molar-refractivity contribution < 1.29 is 17.4 Å². The highest BCUT2D eigenvalue weighted by atomic mass is 16.4. The van der Waals surface area contributed by atoms with Crippen LogP contribution in [0.2, 0.25) is 0 Å². The van der Waals surface area contributed by atoms with E-state index in [4.69, 9.17) is 7.85 Å². The minimum Gasteiger partial charge on any atom is -0.480 e. The minimum atomic E-state index is -2.01. The number of carbonyl (C=O) groups excluding carboxylic acids is 1. The van der Waals surface area contributed by atoms with E-state index in [1.165, 1.54) is 25.7 Å². The summed E-state index contributed by atoms with van der Waals surface area (Å²) in [5.41, 5.74) is 0. The molecule has 130 valence electrons. The summed E-state index contributed by atoms with van der Waals surface area (Å²) in [7, 11) is 0. The molecule has 0 fully saturated rings. The maximum absolute atomic E-state index is 12.0. The molecule has 0 aromatic carbocycles. The summed E-state index contributed by atoms with van der Waals surface area (Å²) in [6.07, 6.45) is 7.18.